The zero-order valence-electron chi connectivity index (χ0n) is 7.23. The molecule has 0 fully saturated rings. The van der Waals surface area contributed by atoms with E-state index in [1.807, 2.05) is 0 Å². The second-order valence-corrected chi connectivity index (χ2v) is 3.85. The van der Waals surface area contributed by atoms with Crippen molar-refractivity contribution in [2.75, 3.05) is 0 Å². The normalized spacial score (nSPS) is 16.3. The molecule has 0 amide bonds. The molecule has 0 bridgehead atoms. The maximum atomic E-state index is 5.88. The molecule has 0 spiro atoms. The summed E-state index contributed by atoms with van der Waals surface area (Å²) < 4.78 is 0. The van der Waals surface area contributed by atoms with Crippen LogP contribution in [-0.4, -0.2) is 5.54 Å². The van der Waals surface area contributed by atoms with E-state index in [0.717, 1.165) is 0 Å². The van der Waals surface area contributed by atoms with Gasteiger partial charge in [-0.3, -0.25) is 0 Å². The van der Waals surface area contributed by atoms with E-state index in [0.29, 0.717) is 11.8 Å². The maximum absolute atomic E-state index is 5.88. The van der Waals surface area contributed by atoms with Gasteiger partial charge < -0.3 is 5.73 Å². The zero-order chi connectivity index (χ0) is 7.65. The van der Waals surface area contributed by atoms with Gasteiger partial charge >= 0.3 is 0 Å². The summed E-state index contributed by atoms with van der Waals surface area (Å²) in [4.78, 5) is 0. The molecule has 0 aliphatic heterocycles. The van der Waals surface area contributed by atoms with Crippen LogP contribution in [0.25, 0.3) is 0 Å². The lowest BCUT2D eigenvalue weighted by molar-refractivity contribution is 0.267. The Balaban J connectivity index is 3.88. The Bertz CT molecular complexity index is 79.1. The Hall–Kier alpha value is -0.0400. The quantitative estimate of drug-likeness (QED) is 0.606. The van der Waals surface area contributed by atoms with Crippen LogP contribution in [0.3, 0.4) is 0 Å². The number of nitrogens with two attached hydrogens (primary N) is 1. The van der Waals surface area contributed by atoms with Gasteiger partial charge in [-0.15, -0.1) is 0 Å². The average Bonchev–Trinajstić information content (AvgIpc) is 1.62. The molecule has 1 heteroatoms. The van der Waals surface area contributed by atoms with Gasteiger partial charge in [0.2, 0.25) is 0 Å². The fourth-order valence-electron chi connectivity index (χ4n) is 0.859. The number of rotatable bonds is 2. The second-order valence-electron chi connectivity index (χ2n) is 3.85. The molecule has 0 aromatic carbocycles. The summed E-state index contributed by atoms with van der Waals surface area (Å²) in [5.41, 5.74) is 5.86. The van der Waals surface area contributed by atoms with Crippen molar-refractivity contribution in [3.8, 4) is 0 Å². The van der Waals surface area contributed by atoms with Crippen molar-refractivity contribution >= 4 is 0 Å². The molecule has 0 saturated carbocycles. The van der Waals surface area contributed by atoms with Crippen LogP contribution < -0.4 is 5.73 Å². The fraction of sp³-hybridized carbons (Fsp3) is 1.00. The highest BCUT2D eigenvalue weighted by Crippen LogP contribution is 2.20. The Labute approximate surface area is 58.6 Å². The van der Waals surface area contributed by atoms with Gasteiger partial charge in [-0.25, -0.2) is 0 Å². The molecule has 0 aromatic rings. The molecule has 56 valence electrons. The molecule has 0 aromatic heterocycles. The minimum absolute atomic E-state index is 0.0197. The minimum atomic E-state index is -0.0197. The van der Waals surface area contributed by atoms with Crippen molar-refractivity contribution in [3.05, 3.63) is 0 Å². The molecule has 1 nitrogen and oxygen atoms in total. The highest BCUT2D eigenvalue weighted by Gasteiger charge is 2.22. The topological polar surface area (TPSA) is 26.0 Å². The van der Waals surface area contributed by atoms with Gasteiger partial charge in [0, 0.05) is 5.54 Å². The van der Waals surface area contributed by atoms with E-state index in [9.17, 15) is 0 Å². The van der Waals surface area contributed by atoms with E-state index in [1.165, 1.54) is 0 Å². The van der Waals surface area contributed by atoms with Crippen molar-refractivity contribution in [3.63, 3.8) is 0 Å². The smallest absolute Gasteiger partial charge is 0.0125 e. The van der Waals surface area contributed by atoms with Crippen LogP contribution in [0.4, 0.5) is 0 Å². The average molecular weight is 129 g/mol. The predicted octanol–water partition coefficient (Wildman–Crippen LogP) is 2.02. The Morgan fingerprint density at radius 3 is 1.44 bits per heavy atom. The molecular weight excluding hydrogens is 110 g/mol. The molecule has 0 saturated heterocycles. The fourth-order valence-corrected chi connectivity index (χ4v) is 0.859. The lowest BCUT2D eigenvalue weighted by Gasteiger charge is -2.30. The van der Waals surface area contributed by atoms with E-state index in [-0.39, 0.29) is 5.54 Å². The Morgan fingerprint density at radius 1 is 1.11 bits per heavy atom. The summed E-state index contributed by atoms with van der Waals surface area (Å²) in [6.07, 6.45) is 0. The summed E-state index contributed by atoms with van der Waals surface area (Å²) in [6.45, 7) is 10.8. The summed E-state index contributed by atoms with van der Waals surface area (Å²) in [7, 11) is 0. The summed E-state index contributed by atoms with van der Waals surface area (Å²) >= 11 is 0. The number of hydrogen-bond donors (Lipinski definition) is 1. The summed E-state index contributed by atoms with van der Waals surface area (Å²) in [5.74, 6) is 1.28. The lowest BCUT2D eigenvalue weighted by atomic mass is 9.82. The first-order valence-corrected chi connectivity index (χ1v) is 3.64. The SMILES string of the molecule is CC(C)C(C)C(C)(C)N. The maximum Gasteiger partial charge on any atom is 0.0125 e. The molecule has 1 unspecified atom stereocenters. The molecule has 0 radical (unpaired) electrons. The number of hydrogen-bond acceptors (Lipinski definition) is 1. The molecule has 9 heavy (non-hydrogen) atoms. The molecule has 1 atom stereocenters. The van der Waals surface area contributed by atoms with Crippen LogP contribution in [0.5, 0.6) is 0 Å². The van der Waals surface area contributed by atoms with Crippen molar-refractivity contribution < 1.29 is 0 Å². The van der Waals surface area contributed by atoms with Crippen molar-refractivity contribution in [1.82, 2.24) is 0 Å². The third-order valence-electron chi connectivity index (χ3n) is 2.17. The second kappa shape index (κ2) is 2.70. The van der Waals surface area contributed by atoms with E-state index in [4.69, 9.17) is 5.73 Å². The highest BCUT2D eigenvalue weighted by molar-refractivity contribution is 4.80. The first-order chi connectivity index (χ1) is 3.85. The molecule has 0 heterocycles. The van der Waals surface area contributed by atoms with Gasteiger partial charge in [0.1, 0.15) is 0 Å². The van der Waals surface area contributed by atoms with Gasteiger partial charge in [0.25, 0.3) is 0 Å². The largest absolute Gasteiger partial charge is 0.325 e. The molecule has 0 rings (SSSR count). The Morgan fingerprint density at radius 2 is 1.44 bits per heavy atom. The third-order valence-corrected chi connectivity index (χ3v) is 2.17. The molecule has 0 aliphatic rings. The summed E-state index contributed by atoms with van der Waals surface area (Å²) in [5, 5.41) is 0. The van der Waals surface area contributed by atoms with E-state index < -0.39 is 0 Å². The first-order valence-electron chi connectivity index (χ1n) is 3.64. The van der Waals surface area contributed by atoms with Gasteiger partial charge in [-0.2, -0.15) is 0 Å². The van der Waals surface area contributed by atoms with Crippen LogP contribution >= 0.6 is 0 Å². The zero-order valence-corrected chi connectivity index (χ0v) is 7.23. The van der Waals surface area contributed by atoms with Crippen LogP contribution in [0.15, 0.2) is 0 Å². The monoisotopic (exact) mass is 129 g/mol. The lowest BCUT2D eigenvalue weighted by Crippen LogP contribution is -2.41. The van der Waals surface area contributed by atoms with Crippen LogP contribution in [0, 0.1) is 11.8 Å². The third kappa shape index (κ3) is 2.85. The van der Waals surface area contributed by atoms with E-state index in [2.05, 4.69) is 34.6 Å². The van der Waals surface area contributed by atoms with Gasteiger partial charge in [-0.1, -0.05) is 20.8 Å². The van der Waals surface area contributed by atoms with E-state index >= 15 is 0 Å². The minimum Gasteiger partial charge on any atom is -0.325 e. The van der Waals surface area contributed by atoms with Crippen LogP contribution in [0.1, 0.15) is 34.6 Å². The molecular formula is C8H19N. The Kier molecular flexibility index (Phi) is 2.68. The highest BCUT2D eigenvalue weighted by atomic mass is 14.7. The molecule has 2 N–H and O–H groups in total. The van der Waals surface area contributed by atoms with Gasteiger partial charge in [-0.05, 0) is 25.7 Å². The predicted molar refractivity (Wildman–Crippen MR) is 42.3 cm³/mol. The van der Waals surface area contributed by atoms with Crippen molar-refractivity contribution in [1.29, 1.82) is 0 Å². The van der Waals surface area contributed by atoms with Crippen molar-refractivity contribution in [2.45, 2.75) is 40.2 Å². The van der Waals surface area contributed by atoms with Crippen molar-refractivity contribution in [2.24, 2.45) is 17.6 Å². The summed E-state index contributed by atoms with van der Waals surface area (Å²) in [6, 6.07) is 0. The standard InChI is InChI=1S/C8H19N/c1-6(2)7(3)8(4,5)9/h6-7H,9H2,1-5H3. The molecule has 0 aliphatic carbocycles. The van der Waals surface area contributed by atoms with Gasteiger partial charge in [0.05, 0.1) is 0 Å². The van der Waals surface area contributed by atoms with Crippen LogP contribution in [-0.2, 0) is 0 Å². The van der Waals surface area contributed by atoms with Crippen LogP contribution in [0.2, 0.25) is 0 Å². The van der Waals surface area contributed by atoms with E-state index in [1.54, 1.807) is 0 Å². The first kappa shape index (κ1) is 8.96. The van der Waals surface area contributed by atoms with Gasteiger partial charge in [0.15, 0.2) is 0 Å².